The lowest BCUT2D eigenvalue weighted by Gasteiger charge is -2.20. The molecule has 0 bridgehead atoms. The van der Waals surface area contributed by atoms with E-state index >= 15 is 0 Å². The minimum absolute atomic E-state index is 0.0189. The number of ether oxygens (including phenoxy) is 2. The molecule has 25 heavy (non-hydrogen) atoms. The van der Waals surface area contributed by atoms with Gasteiger partial charge in [0, 0.05) is 5.02 Å². The van der Waals surface area contributed by atoms with Crippen molar-refractivity contribution in [3.05, 3.63) is 29.3 Å². The number of nitrogens with zero attached hydrogens (tertiary/aromatic N) is 1. The third-order valence-electron chi connectivity index (χ3n) is 4.41. The first-order valence-electron chi connectivity index (χ1n) is 8.08. The van der Waals surface area contributed by atoms with Gasteiger partial charge in [-0.3, -0.25) is 14.5 Å². The van der Waals surface area contributed by atoms with E-state index in [1.54, 1.807) is 31.2 Å². The van der Waals surface area contributed by atoms with Gasteiger partial charge >= 0.3 is 12.0 Å². The summed E-state index contributed by atoms with van der Waals surface area (Å²) >= 11 is 5.77. The summed E-state index contributed by atoms with van der Waals surface area (Å²) in [6, 6.07) is 6.25. The number of hydrogen-bond acceptors (Lipinski definition) is 5. The molecule has 2 aliphatic rings. The summed E-state index contributed by atoms with van der Waals surface area (Å²) in [5.41, 5.74) is -0.894. The zero-order valence-corrected chi connectivity index (χ0v) is 14.5. The Morgan fingerprint density at radius 3 is 2.60 bits per heavy atom. The molecule has 1 saturated heterocycles. The maximum Gasteiger partial charge on any atom is 0.326 e. The van der Waals surface area contributed by atoms with Gasteiger partial charge in [0.25, 0.3) is 5.91 Å². The van der Waals surface area contributed by atoms with Gasteiger partial charge in [-0.1, -0.05) is 11.6 Å². The number of hydrogen-bond donors (Lipinski definition) is 1. The number of urea groups is 1. The predicted octanol–water partition coefficient (Wildman–Crippen LogP) is 1.98. The first kappa shape index (κ1) is 17.5. The molecule has 8 heteroatoms. The second kappa shape index (κ2) is 6.92. The van der Waals surface area contributed by atoms with Crippen LogP contribution >= 0.6 is 11.6 Å². The predicted molar refractivity (Wildman–Crippen MR) is 89.3 cm³/mol. The number of halogens is 1. The molecule has 134 valence electrons. The molecule has 3 amide bonds. The first-order valence-corrected chi connectivity index (χ1v) is 8.46. The summed E-state index contributed by atoms with van der Waals surface area (Å²) in [6.07, 6.45) is 1.81. The fraction of sp³-hybridized carbons (Fsp3) is 0.471. The fourth-order valence-electron chi connectivity index (χ4n) is 2.82. The number of imide groups is 1. The number of rotatable bonds is 7. The highest BCUT2D eigenvalue weighted by atomic mass is 35.5. The van der Waals surface area contributed by atoms with Gasteiger partial charge in [0.05, 0.1) is 0 Å². The standard InChI is InChI=1S/C17H19ClN2O5/c1-17(11-2-3-11)15(22)20(16(23)19-17)10-14(21)25-9-8-24-13-6-4-12(18)5-7-13/h4-7,11H,2-3,8-10H2,1H3,(H,19,23)/t17-/m0/s1. The Morgan fingerprint density at radius 2 is 1.96 bits per heavy atom. The Morgan fingerprint density at radius 1 is 1.28 bits per heavy atom. The van der Waals surface area contributed by atoms with Crippen molar-refractivity contribution < 1.29 is 23.9 Å². The summed E-state index contributed by atoms with van der Waals surface area (Å²) < 4.78 is 10.4. The Hall–Kier alpha value is -2.28. The van der Waals surface area contributed by atoms with Crippen LogP contribution in [0.2, 0.25) is 5.02 Å². The van der Waals surface area contributed by atoms with Crippen molar-refractivity contribution in [2.24, 2.45) is 5.92 Å². The van der Waals surface area contributed by atoms with Gasteiger partial charge in [-0.05, 0) is 49.9 Å². The van der Waals surface area contributed by atoms with Crippen LogP contribution in [0.3, 0.4) is 0 Å². The molecule has 0 radical (unpaired) electrons. The van der Waals surface area contributed by atoms with E-state index in [4.69, 9.17) is 21.1 Å². The quantitative estimate of drug-likeness (QED) is 0.453. The van der Waals surface area contributed by atoms with E-state index < -0.39 is 24.1 Å². The summed E-state index contributed by atoms with van der Waals surface area (Å²) in [4.78, 5) is 37.1. The summed E-state index contributed by atoms with van der Waals surface area (Å²) in [7, 11) is 0. The second-order valence-corrected chi connectivity index (χ2v) is 6.76. The van der Waals surface area contributed by atoms with E-state index in [-0.39, 0.29) is 25.0 Å². The van der Waals surface area contributed by atoms with Crippen LogP contribution in [0.15, 0.2) is 24.3 Å². The number of carbonyl (C=O) groups excluding carboxylic acids is 3. The van der Waals surface area contributed by atoms with Gasteiger partial charge in [-0.2, -0.15) is 0 Å². The lowest BCUT2D eigenvalue weighted by molar-refractivity contribution is -0.148. The molecule has 1 saturated carbocycles. The molecule has 2 fully saturated rings. The molecule has 0 unspecified atom stereocenters. The van der Waals surface area contributed by atoms with Crippen LogP contribution in [0.5, 0.6) is 5.75 Å². The molecule has 1 aromatic rings. The summed E-state index contributed by atoms with van der Waals surface area (Å²) in [5.74, 6) is -0.259. The van der Waals surface area contributed by atoms with Crippen molar-refractivity contribution in [2.45, 2.75) is 25.3 Å². The van der Waals surface area contributed by atoms with Crippen molar-refractivity contribution in [2.75, 3.05) is 19.8 Å². The van der Waals surface area contributed by atoms with Gasteiger partial charge < -0.3 is 14.8 Å². The zero-order valence-electron chi connectivity index (χ0n) is 13.8. The van der Waals surface area contributed by atoms with Crippen LogP contribution in [-0.4, -0.2) is 48.1 Å². The van der Waals surface area contributed by atoms with Crippen molar-refractivity contribution >= 4 is 29.5 Å². The highest BCUT2D eigenvalue weighted by molar-refractivity contribution is 6.30. The molecule has 1 aliphatic heterocycles. The highest BCUT2D eigenvalue weighted by Gasteiger charge is 2.56. The molecule has 1 N–H and O–H groups in total. The Balaban J connectivity index is 1.42. The average Bonchev–Trinajstić information content (AvgIpc) is 3.40. The number of carbonyl (C=O) groups is 3. The van der Waals surface area contributed by atoms with Crippen molar-refractivity contribution in [3.63, 3.8) is 0 Å². The van der Waals surface area contributed by atoms with E-state index in [2.05, 4.69) is 5.32 Å². The molecule has 0 spiro atoms. The molecule has 1 heterocycles. The van der Waals surface area contributed by atoms with Gasteiger partial charge in [-0.15, -0.1) is 0 Å². The molecule has 7 nitrogen and oxygen atoms in total. The maximum absolute atomic E-state index is 12.4. The second-order valence-electron chi connectivity index (χ2n) is 6.32. The summed E-state index contributed by atoms with van der Waals surface area (Å²) in [5, 5.41) is 3.29. The minimum Gasteiger partial charge on any atom is -0.490 e. The van der Waals surface area contributed by atoms with Crippen LogP contribution in [0.1, 0.15) is 19.8 Å². The monoisotopic (exact) mass is 366 g/mol. The van der Waals surface area contributed by atoms with Crippen LogP contribution < -0.4 is 10.1 Å². The van der Waals surface area contributed by atoms with E-state index in [0.29, 0.717) is 10.8 Å². The third-order valence-corrected chi connectivity index (χ3v) is 4.66. The van der Waals surface area contributed by atoms with Crippen molar-refractivity contribution in [1.29, 1.82) is 0 Å². The SMILES string of the molecule is C[C@@]1(C2CC2)NC(=O)N(CC(=O)OCCOc2ccc(Cl)cc2)C1=O. The molecule has 1 aliphatic carbocycles. The van der Waals surface area contributed by atoms with Gasteiger partial charge in [0.15, 0.2) is 0 Å². The van der Waals surface area contributed by atoms with Gasteiger partial charge in [-0.25, -0.2) is 4.79 Å². The molecule has 1 aromatic carbocycles. The Labute approximate surface area is 150 Å². The lowest BCUT2D eigenvalue weighted by Crippen LogP contribution is -2.46. The fourth-order valence-corrected chi connectivity index (χ4v) is 2.94. The van der Waals surface area contributed by atoms with Crippen LogP contribution in [0.25, 0.3) is 0 Å². The number of amides is 3. The van der Waals surface area contributed by atoms with Gasteiger partial charge in [0.2, 0.25) is 0 Å². The smallest absolute Gasteiger partial charge is 0.326 e. The van der Waals surface area contributed by atoms with Gasteiger partial charge in [0.1, 0.15) is 31.0 Å². The molecular weight excluding hydrogens is 348 g/mol. The maximum atomic E-state index is 12.4. The average molecular weight is 367 g/mol. The van der Waals surface area contributed by atoms with E-state index in [1.807, 2.05) is 0 Å². The normalized spacial score (nSPS) is 22.7. The summed E-state index contributed by atoms with van der Waals surface area (Å²) in [6.45, 7) is 1.49. The van der Waals surface area contributed by atoms with E-state index in [1.165, 1.54) is 0 Å². The number of benzene rings is 1. The lowest BCUT2D eigenvalue weighted by atomic mass is 9.96. The Bertz CT molecular complexity index is 689. The van der Waals surface area contributed by atoms with Crippen LogP contribution in [-0.2, 0) is 14.3 Å². The molecular formula is C17H19ClN2O5. The molecule has 1 atom stereocenters. The van der Waals surface area contributed by atoms with Crippen molar-refractivity contribution in [3.8, 4) is 5.75 Å². The zero-order chi connectivity index (χ0) is 18.0. The van der Waals surface area contributed by atoms with Crippen LogP contribution in [0.4, 0.5) is 4.79 Å². The number of esters is 1. The number of nitrogens with one attached hydrogen (secondary N) is 1. The highest BCUT2D eigenvalue weighted by Crippen LogP contribution is 2.42. The largest absolute Gasteiger partial charge is 0.490 e. The van der Waals surface area contributed by atoms with E-state index in [9.17, 15) is 14.4 Å². The van der Waals surface area contributed by atoms with Crippen LogP contribution in [0, 0.1) is 5.92 Å². The molecule has 3 rings (SSSR count). The Kier molecular flexibility index (Phi) is 4.85. The third kappa shape index (κ3) is 3.87. The topological polar surface area (TPSA) is 84.9 Å². The first-order chi connectivity index (χ1) is 11.9. The molecule has 0 aromatic heterocycles. The minimum atomic E-state index is -0.894. The van der Waals surface area contributed by atoms with E-state index in [0.717, 1.165) is 17.7 Å². The van der Waals surface area contributed by atoms with Crippen molar-refractivity contribution in [1.82, 2.24) is 10.2 Å².